The van der Waals surface area contributed by atoms with Crippen LogP contribution in [-0.2, 0) is 6.54 Å². The van der Waals surface area contributed by atoms with Gasteiger partial charge in [0.2, 0.25) is 0 Å². The Morgan fingerprint density at radius 2 is 2.06 bits per heavy atom. The minimum atomic E-state index is -0.643. The Bertz CT molecular complexity index is 1500. The van der Waals surface area contributed by atoms with Crippen molar-refractivity contribution in [2.45, 2.75) is 13.5 Å². The van der Waals surface area contributed by atoms with E-state index in [1.165, 1.54) is 22.7 Å². The quantitative estimate of drug-likeness (QED) is 0.486. The van der Waals surface area contributed by atoms with Gasteiger partial charge in [0.1, 0.15) is 17.0 Å². The molecule has 0 bridgehead atoms. The summed E-state index contributed by atoms with van der Waals surface area (Å²) in [6.45, 7) is 3.78. The fraction of sp³-hybridized carbons (Fsp3) is 0.240. The molecular weight excluding hydrogens is 440 g/mol. The van der Waals surface area contributed by atoms with Crippen LogP contribution in [0.5, 0.6) is 0 Å². The van der Waals surface area contributed by atoms with E-state index in [2.05, 4.69) is 33.2 Å². The molecule has 1 aliphatic heterocycles. The lowest BCUT2D eigenvalue weighted by molar-refractivity contribution is 0.0958. The molecule has 1 aromatic carbocycles. The molecule has 4 aromatic rings. The Labute approximate surface area is 193 Å². The highest BCUT2D eigenvalue weighted by atomic mass is 19.1. The summed E-state index contributed by atoms with van der Waals surface area (Å²) in [7, 11) is 1.56. The van der Waals surface area contributed by atoms with Gasteiger partial charge in [0.25, 0.3) is 11.5 Å². The van der Waals surface area contributed by atoms with E-state index in [4.69, 9.17) is 0 Å². The van der Waals surface area contributed by atoms with Crippen molar-refractivity contribution in [3.63, 3.8) is 0 Å². The Balaban J connectivity index is 1.39. The van der Waals surface area contributed by atoms with Crippen molar-refractivity contribution in [2.24, 2.45) is 5.92 Å². The van der Waals surface area contributed by atoms with Crippen LogP contribution in [0.25, 0.3) is 22.1 Å². The summed E-state index contributed by atoms with van der Waals surface area (Å²) in [6.07, 6.45) is 5.22. The Morgan fingerprint density at radius 3 is 2.76 bits per heavy atom. The van der Waals surface area contributed by atoms with Crippen LogP contribution >= 0.6 is 0 Å². The number of aromatic amines is 1. The van der Waals surface area contributed by atoms with Crippen molar-refractivity contribution in [2.75, 3.05) is 20.1 Å². The fourth-order valence-corrected chi connectivity index (χ4v) is 4.63. The number of nitrogens with one attached hydrogen (secondary N) is 2. The van der Waals surface area contributed by atoms with E-state index >= 15 is 0 Å². The molecule has 9 heteroatoms. The highest BCUT2D eigenvalue weighted by Crippen LogP contribution is 2.29. The van der Waals surface area contributed by atoms with Crippen molar-refractivity contribution < 1.29 is 13.6 Å². The molecule has 0 aliphatic carbocycles. The maximum Gasteiger partial charge on any atom is 0.275 e. The molecule has 0 saturated carbocycles. The molecular formula is C25H23F2N5O2. The summed E-state index contributed by atoms with van der Waals surface area (Å²) in [5.74, 6) is -1.11. The van der Waals surface area contributed by atoms with Gasteiger partial charge in [0.05, 0.1) is 11.0 Å². The average molecular weight is 463 g/mol. The average Bonchev–Trinajstić information content (AvgIpc) is 3.22. The third-order valence-corrected chi connectivity index (χ3v) is 6.31. The third-order valence-electron chi connectivity index (χ3n) is 6.31. The maximum atomic E-state index is 15.0. The first-order valence-corrected chi connectivity index (χ1v) is 11.0. The molecule has 7 nitrogen and oxygen atoms in total. The standard InChI is InChI=1S/C25H23F2N5O2/c1-14-12-31(7-5-17(14)15-3-4-20(29-11-15)24(33)28-2)13-16-9-21-22(10-19(16)27)32-8-6-18(26)23(32)25(34)30-21/h3-6,8-11,14H,7,12-13H2,1-2H3,(H,28,33)(H,30,34). The first-order chi connectivity index (χ1) is 16.4. The number of halogens is 2. The monoisotopic (exact) mass is 463 g/mol. The molecule has 2 N–H and O–H groups in total. The fourth-order valence-electron chi connectivity index (χ4n) is 4.63. The van der Waals surface area contributed by atoms with Crippen LogP contribution in [0.15, 0.2) is 53.6 Å². The van der Waals surface area contributed by atoms with Gasteiger partial charge in [0, 0.05) is 50.7 Å². The van der Waals surface area contributed by atoms with Crippen LogP contribution in [0.2, 0.25) is 0 Å². The van der Waals surface area contributed by atoms with Crippen molar-refractivity contribution in [1.82, 2.24) is 24.6 Å². The summed E-state index contributed by atoms with van der Waals surface area (Å²) in [6, 6.07) is 7.74. The number of aromatic nitrogens is 3. The third kappa shape index (κ3) is 3.77. The Morgan fingerprint density at radius 1 is 1.24 bits per heavy atom. The molecule has 0 saturated heterocycles. The zero-order valence-corrected chi connectivity index (χ0v) is 18.7. The molecule has 174 valence electrons. The lowest BCUT2D eigenvalue weighted by atomic mass is 9.91. The summed E-state index contributed by atoms with van der Waals surface area (Å²) in [4.78, 5) is 33.0. The van der Waals surface area contributed by atoms with E-state index in [0.29, 0.717) is 41.9 Å². The first-order valence-electron chi connectivity index (χ1n) is 11.0. The zero-order valence-electron chi connectivity index (χ0n) is 18.7. The molecule has 0 radical (unpaired) electrons. The van der Waals surface area contributed by atoms with Crippen LogP contribution in [0.3, 0.4) is 0 Å². The number of fused-ring (bicyclic) bond motifs is 3. The number of nitrogens with zero attached hydrogens (tertiary/aromatic N) is 3. The maximum absolute atomic E-state index is 15.0. The molecule has 1 atom stereocenters. The van der Waals surface area contributed by atoms with Gasteiger partial charge in [-0.25, -0.2) is 8.78 Å². The molecule has 34 heavy (non-hydrogen) atoms. The van der Waals surface area contributed by atoms with Gasteiger partial charge in [-0.1, -0.05) is 19.1 Å². The van der Waals surface area contributed by atoms with Crippen molar-refractivity contribution in [1.29, 1.82) is 0 Å². The lowest BCUT2D eigenvalue weighted by Gasteiger charge is -2.31. The lowest BCUT2D eigenvalue weighted by Crippen LogP contribution is -2.33. The number of H-pyrrole nitrogens is 1. The van der Waals surface area contributed by atoms with Crippen molar-refractivity contribution in [3.05, 3.63) is 87.6 Å². The number of carbonyl (C=O) groups excluding carboxylic acids is 1. The molecule has 1 unspecified atom stereocenters. The van der Waals surface area contributed by atoms with Crippen LogP contribution in [0, 0.1) is 17.6 Å². The van der Waals surface area contributed by atoms with Crippen molar-refractivity contribution in [3.8, 4) is 0 Å². The molecule has 1 amide bonds. The normalized spacial score (nSPS) is 16.7. The number of pyridine rings is 1. The number of amides is 1. The smallest absolute Gasteiger partial charge is 0.275 e. The van der Waals surface area contributed by atoms with E-state index in [-0.39, 0.29) is 17.3 Å². The predicted molar refractivity (Wildman–Crippen MR) is 125 cm³/mol. The van der Waals surface area contributed by atoms with E-state index in [1.807, 2.05) is 6.07 Å². The topological polar surface area (TPSA) is 82.5 Å². The predicted octanol–water partition coefficient (Wildman–Crippen LogP) is 3.35. The number of hydrogen-bond donors (Lipinski definition) is 2. The van der Waals surface area contributed by atoms with Crippen LogP contribution in [0.1, 0.15) is 28.5 Å². The summed E-state index contributed by atoms with van der Waals surface area (Å²) in [5, 5.41) is 2.56. The van der Waals surface area contributed by atoms with E-state index in [1.54, 1.807) is 25.4 Å². The second kappa shape index (κ2) is 8.49. The van der Waals surface area contributed by atoms with E-state index in [0.717, 1.165) is 11.1 Å². The van der Waals surface area contributed by atoms with Gasteiger partial charge in [-0.15, -0.1) is 0 Å². The highest BCUT2D eigenvalue weighted by molar-refractivity contribution is 5.92. The largest absolute Gasteiger partial charge is 0.354 e. The van der Waals surface area contributed by atoms with Crippen molar-refractivity contribution >= 4 is 28.0 Å². The number of benzene rings is 1. The van der Waals surface area contributed by atoms with Gasteiger partial charge in [-0.2, -0.15) is 0 Å². The van der Waals surface area contributed by atoms with Gasteiger partial charge in [-0.3, -0.25) is 19.5 Å². The molecule has 0 spiro atoms. The molecule has 1 aliphatic rings. The summed E-state index contributed by atoms with van der Waals surface area (Å²) >= 11 is 0. The second-order valence-corrected chi connectivity index (χ2v) is 8.56. The number of hydrogen-bond acceptors (Lipinski definition) is 4. The summed E-state index contributed by atoms with van der Waals surface area (Å²) < 4.78 is 30.3. The molecule has 5 rings (SSSR count). The van der Waals surface area contributed by atoms with Crippen LogP contribution in [-0.4, -0.2) is 45.3 Å². The minimum absolute atomic E-state index is 0.125. The number of rotatable bonds is 4. The zero-order chi connectivity index (χ0) is 24.0. The van der Waals surface area contributed by atoms with Crippen LogP contribution in [0.4, 0.5) is 8.78 Å². The Kier molecular flexibility index (Phi) is 5.49. The minimum Gasteiger partial charge on any atom is -0.354 e. The Hall–Kier alpha value is -3.85. The van der Waals surface area contributed by atoms with Crippen LogP contribution < -0.4 is 10.9 Å². The number of carbonyl (C=O) groups is 1. The second-order valence-electron chi connectivity index (χ2n) is 8.56. The highest BCUT2D eigenvalue weighted by Gasteiger charge is 2.22. The summed E-state index contributed by atoms with van der Waals surface area (Å²) in [5.41, 5.74) is 3.08. The SMILES string of the molecule is CNC(=O)c1ccc(C2=CCN(Cc3cc4[nH]c(=O)c5c(F)ccn5c4cc3F)CC2C)cn1. The van der Waals surface area contributed by atoms with Gasteiger partial charge >= 0.3 is 0 Å². The van der Waals surface area contributed by atoms with Gasteiger partial charge < -0.3 is 14.7 Å². The van der Waals surface area contributed by atoms with E-state index in [9.17, 15) is 18.4 Å². The van der Waals surface area contributed by atoms with Gasteiger partial charge in [0.15, 0.2) is 5.82 Å². The van der Waals surface area contributed by atoms with Gasteiger partial charge in [-0.05, 0) is 35.3 Å². The molecule has 4 heterocycles. The first kappa shape index (κ1) is 22.0. The van der Waals surface area contributed by atoms with E-state index < -0.39 is 17.2 Å². The molecule has 3 aromatic heterocycles. The molecule has 0 fully saturated rings.